The molecule has 8 heavy (non-hydrogen) atoms. The summed E-state index contributed by atoms with van der Waals surface area (Å²) in [5.41, 5.74) is 5.21. The van der Waals surface area contributed by atoms with E-state index in [1.54, 1.807) is 0 Å². The predicted molar refractivity (Wildman–Crippen MR) is 38.7 cm³/mol. The molecule has 0 unspecified atom stereocenters. The second-order valence-corrected chi connectivity index (χ2v) is 1.59. The van der Waals surface area contributed by atoms with Crippen LogP contribution in [0.15, 0.2) is 0 Å². The van der Waals surface area contributed by atoms with Crippen LogP contribution in [0.5, 0.6) is 0 Å². The van der Waals surface area contributed by atoms with Crippen molar-refractivity contribution in [2.45, 2.75) is 13.8 Å². The van der Waals surface area contributed by atoms with E-state index in [0.29, 0.717) is 0 Å². The molecule has 2 nitrogen and oxygen atoms in total. The lowest BCUT2D eigenvalue weighted by atomic mass is 10.6. The van der Waals surface area contributed by atoms with Crippen molar-refractivity contribution in [3.63, 3.8) is 0 Å². The van der Waals surface area contributed by atoms with Crippen molar-refractivity contribution in [1.29, 1.82) is 0 Å². The van der Waals surface area contributed by atoms with Gasteiger partial charge in [-0.1, -0.05) is 26.1 Å². The van der Waals surface area contributed by atoms with Crippen molar-refractivity contribution in [1.82, 2.24) is 10.4 Å². The highest BCUT2D eigenvalue weighted by molar-refractivity contribution is 7.78. The van der Waals surface area contributed by atoms with Gasteiger partial charge in [-0.05, 0) is 0 Å². The zero-order valence-electron chi connectivity index (χ0n) is 5.27. The van der Waals surface area contributed by atoms with Crippen LogP contribution >= 0.6 is 12.2 Å². The van der Waals surface area contributed by atoms with Crippen molar-refractivity contribution in [3.8, 4) is 0 Å². The molecule has 0 amide bonds. The van der Waals surface area contributed by atoms with Gasteiger partial charge in [-0.3, -0.25) is 0 Å². The van der Waals surface area contributed by atoms with Gasteiger partial charge < -0.3 is 5.43 Å². The summed E-state index contributed by atoms with van der Waals surface area (Å²) in [5, 5.41) is 1.97. The van der Waals surface area contributed by atoms with Gasteiger partial charge in [0.05, 0.1) is 0 Å². The van der Waals surface area contributed by atoms with Gasteiger partial charge in [0.25, 0.3) is 0 Å². The Hall–Kier alpha value is -0.150. The molecule has 0 atom stereocenters. The van der Waals surface area contributed by atoms with E-state index < -0.39 is 0 Å². The zero-order chi connectivity index (χ0) is 6.41. The van der Waals surface area contributed by atoms with E-state index in [4.69, 9.17) is 0 Å². The van der Waals surface area contributed by atoms with Gasteiger partial charge >= 0.3 is 0 Å². The van der Waals surface area contributed by atoms with E-state index in [-0.39, 0.29) is 0 Å². The summed E-state index contributed by atoms with van der Waals surface area (Å²) >= 11 is 4.46. The fourth-order valence-corrected chi connectivity index (χ4v) is 0.575. The molecule has 0 bridgehead atoms. The van der Waals surface area contributed by atoms with Crippen molar-refractivity contribution >= 4 is 17.7 Å². The fourth-order valence-electron chi connectivity index (χ4n) is 0.446. The predicted octanol–water partition coefficient (Wildman–Crippen LogP) is 0.667. The van der Waals surface area contributed by atoms with Crippen LogP contribution in [0, 0.1) is 0 Å². The van der Waals surface area contributed by atoms with Crippen LogP contribution in [0.4, 0.5) is 0 Å². The Kier molecular flexibility index (Phi) is 4.90. The number of nitrogens with zero attached hydrogens (tertiary/aromatic N) is 1. The first-order valence-electron chi connectivity index (χ1n) is 2.72. The summed E-state index contributed by atoms with van der Waals surface area (Å²) in [6, 6.07) is 0. The summed E-state index contributed by atoms with van der Waals surface area (Å²) in [6.07, 6.45) is 0. The quantitative estimate of drug-likeness (QED) is 0.343. The third-order valence-electron chi connectivity index (χ3n) is 0.967. The van der Waals surface area contributed by atoms with Crippen molar-refractivity contribution < 1.29 is 0 Å². The molecule has 0 aliphatic carbocycles. The average Bonchev–Trinajstić information content (AvgIpc) is 1.83. The Bertz CT molecular complexity index is 61.4. The topological polar surface area (TPSA) is 15.3 Å². The van der Waals surface area contributed by atoms with E-state index in [1.165, 1.54) is 0 Å². The second kappa shape index (κ2) is 5.00. The molecule has 0 fully saturated rings. The summed E-state index contributed by atoms with van der Waals surface area (Å²) in [5.74, 6) is 0. The summed E-state index contributed by atoms with van der Waals surface area (Å²) in [6.45, 7) is 6.03. The largest absolute Gasteiger partial charge is 0.307 e. The molecule has 0 spiro atoms. The van der Waals surface area contributed by atoms with E-state index in [0.717, 1.165) is 13.1 Å². The normalized spacial score (nSPS) is 9.38. The maximum absolute atomic E-state index is 4.46. The molecule has 1 N–H and O–H groups in total. The van der Waals surface area contributed by atoms with E-state index >= 15 is 0 Å². The molecule has 0 aromatic carbocycles. The summed E-state index contributed by atoms with van der Waals surface area (Å²) in [4.78, 5) is 0. The Morgan fingerprint density at radius 2 is 2.00 bits per heavy atom. The first kappa shape index (κ1) is 7.85. The molecule has 0 saturated carbocycles. The molecule has 0 rings (SSSR count). The van der Waals surface area contributed by atoms with Crippen LogP contribution in [0.25, 0.3) is 0 Å². The van der Waals surface area contributed by atoms with E-state index in [9.17, 15) is 0 Å². The lowest BCUT2D eigenvalue weighted by Gasteiger charge is -2.15. The van der Waals surface area contributed by atoms with Crippen LogP contribution in [0.2, 0.25) is 0 Å². The smallest absolute Gasteiger partial charge is 0.149 e. The maximum atomic E-state index is 4.46. The highest BCUT2D eigenvalue weighted by Gasteiger charge is 1.90. The molecular weight excluding hydrogens is 120 g/mol. The monoisotopic (exact) mass is 131 g/mol. The minimum Gasteiger partial charge on any atom is -0.307 e. The minimum atomic E-state index is 0.958. The highest BCUT2D eigenvalue weighted by Crippen LogP contribution is 1.75. The first-order valence-corrected chi connectivity index (χ1v) is 3.13. The van der Waals surface area contributed by atoms with Crippen molar-refractivity contribution in [2.24, 2.45) is 0 Å². The minimum absolute atomic E-state index is 0.958. The van der Waals surface area contributed by atoms with Crippen LogP contribution in [-0.2, 0) is 0 Å². The van der Waals surface area contributed by atoms with Crippen LogP contribution in [-0.4, -0.2) is 23.6 Å². The van der Waals surface area contributed by atoms with Crippen molar-refractivity contribution in [2.75, 3.05) is 13.1 Å². The van der Waals surface area contributed by atoms with Crippen LogP contribution in [0.1, 0.15) is 13.8 Å². The van der Waals surface area contributed by atoms with E-state index in [1.807, 2.05) is 5.01 Å². The maximum Gasteiger partial charge on any atom is 0.149 e. The fraction of sp³-hybridized carbons (Fsp3) is 0.800. The van der Waals surface area contributed by atoms with Gasteiger partial charge in [0.15, 0.2) is 0 Å². The van der Waals surface area contributed by atoms with Gasteiger partial charge in [-0.2, -0.15) is 0 Å². The molecule has 1 radical (unpaired) electrons. The zero-order valence-corrected chi connectivity index (χ0v) is 6.09. The average molecular weight is 131 g/mol. The van der Waals surface area contributed by atoms with Gasteiger partial charge in [0, 0.05) is 13.1 Å². The number of nitrogens with one attached hydrogen (secondary N) is 1. The Labute approximate surface area is 55.8 Å². The number of hydrogen-bond acceptors (Lipinski definition) is 2. The van der Waals surface area contributed by atoms with Gasteiger partial charge in [-0.25, -0.2) is 5.01 Å². The van der Waals surface area contributed by atoms with E-state index in [2.05, 4.69) is 37.0 Å². The summed E-state index contributed by atoms with van der Waals surface area (Å²) < 4.78 is 0. The number of hydrazine groups is 1. The lowest BCUT2D eigenvalue weighted by Crippen LogP contribution is -2.35. The molecule has 47 valence electrons. The second-order valence-electron chi connectivity index (χ2n) is 1.39. The number of rotatable bonds is 4. The third kappa shape index (κ3) is 2.93. The highest BCUT2D eigenvalue weighted by atomic mass is 32.1. The Morgan fingerprint density at radius 1 is 1.50 bits per heavy atom. The molecule has 3 heteroatoms. The SMILES string of the molecule is CCN(CC)N[C]=S. The number of thiocarbonyl (C=S) groups is 1. The molecule has 0 saturated heterocycles. The van der Waals surface area contributed by atoms with Crippen LogP contribution < -0.4 is 5.43 Å². The molecule has 0 aromatic rings. The van der Waals surface area contributed by atoms with Crippen LogP contribution in [0.3, 0.4) is 0 Å². The van der Waals surface area contributed by atoms with Crippen molar-refractivity contribution in [3.05, 3.63) is 0 Å². The first-order chi connectivity index (χ1) is 3.85. The molecule has 0 aliphatic rings. The molecule has 0 aliphatic heterocycles. The van der Waals surface area contributed by atoms with Gasteiger partial charge in [-0.15, -0.1) is 0 Å². The van der Waals surface area contributed by atoms with Gasteiger partial charge in [0.1, 0.15) is 5.49 Å². The third-order valence-corrected chi connectivity index (χ3v) is 1.06. The molecule has 0 heterocycles. The number of hydrogen-bond donors (Lipinski definition) is 1. The lowest BCUT2D eigenvalue weighted by molar-refractivity contribution is 0.268. The Morgan fingerprint density at radius 3 is 2.12 bits per heavy atom. The standard InChI is InChI=1S/C5H11N2S/c1-3-7(4-2)6-5-8/h3-4H2,1-2H3,(H,6,8). The molecule has 0 aromatic heterocycles. The van der Waals surface area contributed by atoms with Gasteiger partial charge in [0.2, 0.25) is 0 Å². The summed E-state index contributed by atoms with van der Waals surface area (Å²) in [7, 11) is 0. The Balaban J connectivity index is 3.20. The molecular formula is C5H11N2S.